The highest BCUT2D eigenvalue weighted by Crippen LogP contribution is 2.38. The van der Waals surface area contributed by atoms with Gasteiger partial charge in [-0.3, -0.25) is 0 Å². The van der Waals surface area contributed by atoms with Crippen molar-refractivity contribution in [3.63, 3.8) is 0 Å². The molecule has 0 spiro atoms. The molecule has 1 amide bonds. The summed E-state index contributed by atoms with van der Waals surface area (Å²) < 4.78 is 18.2. The van der Waals surface area contributed by atoms with E-state index in [4.69, 9.17) is 14.2 Å². The average Bonchev–Trinajstić information content (AvgIpc) is 3.49. The molecule has 1 fully saturated rings. The van der Waals surface area contributed by atoms with Gasteiger partial charge in [0.05, 0.1) is 11.8 Å². The molecule has 3 aromatic carbocycles. The number of benzene rings is 3. The van der Waals surface area contributed by atoms with Crippen molar-refractivity contribution in [3.8, 4) is 17.7 Å². The van der Waals surface area contributed by atoms with E-state index >= 15 is 0 Å². The summed E-state index contributed by atoms with van der Waals surface area (Å²) in [7, 11) is 0. The molecule has 3 aromatic rings. The van der Waals surface area contributed by atoms with E-state index in [2.05, 4.69) is 34.6 Å². The van der Waals surface area contributed by atoms with Crippen LogP contribution in [0.25, 0.3) is 10.8 Å². The number of hydrogen-bond acceptors (Lipinski definition) is 4. The lowest BCUT2D eigenvalue weighted by Gasteiger charge is -2.25. The monoisotopic (exact) mass is 555 g/mol. The predicted molar refractivity (Wildman–Crippen MR) is 138 cm³/mol. The van der Waals surface area contributed by atoms with Gasteiger partial charge in [-0.05, 0) is 61.8 Å². The highest BCUT2D eigenvalue weighted by atomic mass is 127. The van der Waals surface area contributed by atoms with Crippen molar-refractivity contribution < 1.29 is 19.0 Å². The van der Waals surface area contributed by atoms with Gasteiger partial charge in [-0.25, -0.2) is 9.69 Å². The molecule has 6 heteroatoms. The topological polar surface area (TPSA) is 51.3 Å². The Balaban J connectivity index is 1.77. The smallest absolute Gasteiger partial charge is 0.426 e. The molecule has 2 atom stereocenters. The second-order valence-corrected chi connectivity index (χ2v) is 9.94. The van der Waals surface area contributed by atoms with Crippen LogP contribution in [0.4, 0.5) is 10.5 Å². The molecule has 1 saturated heterocycles. The molecule has 0 saturated carbocycles. The van der Waals surface area contributed by atoms with Gasteiger partial charge in [0.25, 0.3) is 0 Å². The van der Waals surface area contributed by atoms with Crippen molar-refractivity contribution in [2.24, 2.45) is 0 Å². The van der Waals surface area contributed by atoms with Crippen molar-refractivity contribution in [1.82, 2.24) is 0 Å². The van der Waals surface area contributed by atoms with Crippen LogP contribution in [0.1, 0.15) is 33.3 Å². The number of rotatable bonds is 4. The summed E-state index contributed by atoms with van der Waals surface area (Å²) in [4.78, 5) is 14.5. The lowest BCUT2D eigenvalue weighted by molar-refractivity contribution is 0.0600. The van der Waals surface area contributed by atoms with Crippen LogP contribution in [0.5, 0.6) is 5.75 Å². The Labute approximate surface area is 208 Å². The quantitative estimate of drug-likeness (QED) is 0.159. The molecule has 0 bridgehead atoms. The summed E-state index contributed by atoms with van der Waals surface area (Å²) in [6.07, 6.45) is -0.647. The fourth-order valence-electron chi connectivity index (χ4n) is 3.29. The molecule has 1 aliphatic rings. The molecule has 1 heterocycles. The second kappa shape index (κ2) is 9.62. The molecular weight excluding hydrogens is 529 g/mol. The van der Waals surface area contributed by atoms with Crippen LogP contribution in [0.2, 0.25) is 0 Å². The van der Waals surface area contributed by atoms with E-state index < -0.39 is 11.7 Å². The Morgan fingerprint density at radius 2 is 1.73 bits per heavy atom. The van der Waals surface area contributed by atoms with Crippen LogP contribution in [0, 0.1) is 15.5 Å². The lowest BCUT2D eigenvalue weighted by Crippen LogP contribution is -2.34. The van der Waals surface area contributed by atoms with Crippen molar-refractivity contribution in [3.05, 3.63) is 69.8 Å². The number of carbonyl (C=O) groups excluding carboxylic acids is 1. The number of fused-ring (bicyclic) bond motifs is 1. The van der Waals surface area contributed by atoms with E-state index in [1.807, 2.05) is 88.4 Å². The minimum absolute atomic E-state index is 0.0680. The second-order valence-electron chi connectivity index (χ2n) is 8.86. The van der Waals surface area contributed by atoms with Gasteiger partial charge in [0, 0.05) is 26.5 Å². The number of carbonyl (C=O) groups is 1. The fraction of sp³-hybridized carbons (Fsp3) is 0.296. The zero-order valence-corrected chi connectivity index (χ0v) is 21.3. The number of amides is 1. The van der Waals surface area contributed by atoms with Gasteiger partial charge in [0.2, 0.25) is 0 Å². The summed E-state index contributed by atoms with van der Waals surface area (Å²) >= 11 is 2.25. The molecule has 170 valence electrons. The molecule has 1 aliphatic heterocycles. The maximum atomic E-state index is 13.2. The lowest BCUT2D eigenvalue weighted by atomic mass is 10.1. The molecule has 0 N–H and O–H groups in total. The zero-order valence-electron chi connectivity index (χ0n) is 19.1. The molecule has 0 aromatic heterocycles. The van der Waals surface area contributed by atoms with E-state index in [1.54, 1.807) is 0 Å². The van der Waals surface area contributed by atoms with Gasteiger partial charge in [-0.2, -0.15) is 0 Å². The summed E-state index contributed by atoms with van der Waals surface area (Å²) in [5.74, 6) is 3.71. The minimum Gasteiger partial charge on any atom is -0.488 e. The third-order valence-corrected chi connectivity index (χ3v) is 6.14. The Kier molecular flexibility index (Phi) is 6.82. The molecule has 0 aliphatic carbocycles. The van der Waals surface area contributed by atoms with Crippen molar-refractivity contribution in [2.45, 2.75) is 52.1 Å². The number of halogens is 1. The Hall–Kier alpha value is -2.76. The maximum absolute atomic E-state index is 13.2. The van der Waals surface area contributed by atoms with Crippen LogP contribution < -0.4 is 9.64 Å². The molecule has 4 rings (SSSR count). The first-order valence-electron chi connectivity index (χ1n) is 10.8. The van der Waals surface area contributed by atoms with E-state index in [0.717, 1.165) is 19.9 Å². The standard InChI is InChI=1S/C27H26INO4/c1-18-23(32-18)14-15-29(26(30)33-27(2,3)4)22-16-24(31-17-19-10-6-5-7-11-19)20-12-8-9-13-21(20)25(22)28/h5-13,16,18,23H,17H2,1-4H3/t18-,23-/m1/s1. The molecule has 0 radical (unpaired) electrons. The van der Waals surface area contributed by atoms with Crippen LogP contribution in [0.3, 0.4) is 0 Å². The number of ether oxygens (including phenoxy) is 3. The molecule has 33 heavy (non-hydrogen) atoms. The van der Waals surface area contributed by atoms with Gasteiger partial charge >= 0.3 is 6.09 Å². The van der Waals surface area contributed by atoms with E-state index in [0.29, 0.717) is 18.0 Å². The van der Waals surface area contributed by atoms with Crippen LogP contribution in [-0.2, 0) is 16.1 Å². The largest absolute Gasteiger partial charge is 0.488 e. The average molecular weight is 555 g/mol. The molecular formula is C27H26INO4. The number of anilines is 1. The first kappa shape index (κ1) is 23.4. The SMILES string of the molecule is C[C@H]1O[C@@H]1C#CN(C(=O)OC(C)(C)C)c1cc(OCc2ccccc2)c2ccccc2c1I. The Morgan fingerprint density at radius 3 is 2.36 bits per heavy atom. The molecule has 0 unspecified atom stereocenters. The number of hydrogen-bond donors (Lipinski definition) is 0. The van der Waals surface area contributed by atoms with Crippen LogP contribution in [0.15, 0.2) is 60.7 Å². The van der Waals surface area contributed by atoms with Gasteiger partial charge in [0.15, 0.2) is 0 Å². The third-order valence-electron chi connectivity index (χ3n) is 5.01. The summed E-state index contributed by atoms with van der Waals surface area (Å²) in [6, 6.07) is 22.8. The summed E-state index contributed by atoms with van der Waals surface area (Å²) in [6.45, 7) is 7.87. The molecule has 5 nitrogen and oxygen atoms in total. The van der Waals surface area contributed by atoms with Crippen LogP contribution >= 0.6 is 22.6 Å². The highest BCUT2D eigenvalue weighted by molar-refractivity contribution is 14.1. The van der Waals surface area contributed by atoms with E-state index in [9.17, 15) is 4.79 Å². The van der Waals surface area contributed by atoms with Gasteiger partial charge < -0.3 is 14.2 Å². The number of nitrogens with zero attached hydrogens (tertiary/aromatic N) is 1. The third kappa shape index (κ3) is 5.79. The van der Waals surface area contributed by atoms with Crippen LogP contribution in [-0.4, -0.2) is 23.9 Å². The Bertz CT molecular complexity index is 1220. The fourth-order valence-corrected chi connectivity index (χ4v) is 4.15. The summed E-state index contributed by atoms with van der Waals surface area (Å²) in [5, 5.41) is 1.95. The van der Waals surface area contributed by atoms with Gasteiger partial charge in [0.1, 0.15) is 24.1 Å². The van der Waals surface area contributed by atoms with Gasteiger partial charge in [-0.1, -0.05) is 54.6 Å². The zero-order chi connectivity index (χ0) is 23.6. The summed E-state index contributed by atoms with van der Waals surface area (Å²) in [5.41, 5.74) is 1.02. The normalized spacial score (nSPS) is 17.1. The van der Waals surface area contributed by atoms with Crippen molar-refractivity contribution in [1.29, 1.82) is 0 Å². The van der Waals surface area contributed by atoms with E-state index in [-0.39, 0.29) is 12.2 Å². The minimum atomic E-state index is -0.657. The first-order valence-corrected chi connectivity index (χ1v) is 11.9. The highest BCUT2D eigenvalue weighted by Gasteiger charge is 2.33. The Morgan fingerprint density at radius 1 is 1.09 bits per heavy atom. The maximum Gasteiger partial charge on any atom is 0.426 e. The first-order chi connectivity index (χ1) is 15.7. The van der Waals surface area contributed by atoms with E-state index in [1.165, 1.54) is 4.90 Å². The number of epoxide rings is 1. The predicted octanol–water partition coefficient (Wildman–Crippen LogP) is 6.51. The van der Waals surface area contributed by atoms with Gasteiger partial charge in [-0.15, -0.1) is 0 Å². The van der Waals surface area contributed by atoms with Crippen molar-refractivity contribution in [2.75, 3.05) is 4.90 Å². The van der Waals surface area contributed by atoms with Crippen molar-refractivity contribution >= 4 is 45.1 Å².